The number of piperazine rings is 1. The van der Waals surface area contributed by atoms with Gasteiger partial charge in [0.05, 0.1) is 16.7 Å². The average Bonchev–Trinajstić information content (AvgIpc) is 3.19. The summed E-state index contributed by atoms with van der Waals surface area (Å²) in [6.07, 6.45) is 7.14. The SMILES string of the molecule is Cc1nc2ccccc2nc1N1CCN(C(=O)CCC2CCCC2)CC1. The molecule has 0 N–H and O–H groups in total. The van der Waals surface area contributed by atoms with Gasteiger partial charge in [0.2, 0.25) is 5.91 Å². The van der Waals surface area contributed by atoms with Crippen molar-refractivity contribution in [3.8, 4) is 0 Å². The molecule has 0 atom stereocenters. The van der Waals surface area contributed by atoms with Crippen LogP contribution in [0.3, 0.4) is 0 Å². The van der Waals surface area contributed by atoms with Gasteiger partial charge in [-0.25, -0.2) is 9.97 Å². The Kier molecular flexibility index (Phi) is 5.05. The summed E-state index contributed by atoms with van der Waals surface area (Å²) in [7, 11) is 0. The van der Waals surface area contributed by atoms with E-state index in [0.29, 0.717) is 5.91 Å². The minimum absolute atomic E-state index is 0.331. The van der Waals surface area contributed by atoms with Crippen LogP contribution in [0, 0.1) is 12.8 Å². The summed E-state index contributed by atoms with van der Waals surface area (Å²) >= 11 is 0. The van der Waals surface area contributed by atoms with Crippen LogP contribution < -0.4 is 4.90 Å². The fraction of sp³-hybridized carbons (Fsp3) is 0.571. The van der Waals surface area contributed by atoms with Crippen LogP contribution in [0.4, 0.5) is 5.82 Å². The lowest BCUT2D eigenvalue weighted by Gasteiger charge is -2.36. The lowest BCUT2D eigenvalue weighted by molar-refractivity contribution is -0.131. The number of benzene rings is 1. The van der Waals surface area contributed by atoms with E-state index in [2.05, 4.69) is 4.90 Å². The van der Waals surface area contributed by atoms with E-state index in [4.69, 9.17) is 9.97 Å². The van der Waals surface area contributed by atoms with Crippen molar-refractivity contribution >= 4 is 22.8 Å². The molecule has 138 valence electrons. The van der Waals surface area contributed by atoms with Crippen LogP contribution in [0.5, 0.6) is 0 Å². The van der Waals surface area contributed by atoms with E-state index in [1.54, 1.807) is 0 Å². The van der Waals surface area contributed by atoms with Gasteiger partial charge in [0.15, 0.2) is 5.82 Å². The number of rotatable bonds is 4. The predicted octanol–water partition coefficient (Wildman–Crippen LogP) is 3.56. The Morgan fingerprint density at radius 2 is 1.69 bits per heavy atom. The molecule has 1 amide bonds. The van der Waals surface area contributed by atoms with Crippen LogP contribution in [-0.4, -0.2) is 47.0 Å². The number of aryl methyl sites for hydroxylation is 1. The van der Waals surface area contributed by atoms with Gasteiger partial charge in [-0.3, -0.25) is 4.79 Å². The number of fused-ring (bicyclic) bond motifs is 1. The van der Waals surface area contributed by atoms with Gasteiger partial charge in [-0.1, -0.05) is 37.8 Å². The van der Waals surface area contributed by atoms with Gasteiger partial charge < -0.3 is 9.80 Å². The number of hydrogen-bond acceptors (Lipinski definition) is 4. The molecular weight excluding hydrogens is 324 g/mol. The van der Waals surface area contributed by atoms with Crippen molar-refractivity contribution in [1.82, 2.24) is 14.9 Å². The van der Waals surface area contributed by atoms with E-state index < -0.39 is 0 Å². The second-order valence-electron chi connectivity index (χ2n) is 7.68. The quantitative estimate of drug-likeness (QED) is 0.844. The topological polar surface area (TPSA) is 49.3 Å². The number of carbonyl (C=O) groups is 1. The Morgan fingerprint density at radius 3 is 2.38 bits per heavy atom. The molecule has 1 aromatic heterocycles. The molecule has 5 heteroatoms. The maximum Gasteiger partial charge on any atom is 0.222 e. The lowest BCUT2D eigenvalue weighted by atomic mass is 10.0. The Hall–Kier alpha value is -2.17. The highest BCUT2D eigenvalue weighted by Gasteiger charge is 2.24. The Balaban J connectivity index is 1.35. The van der Waals surface area contributed by atoms with E-state index in [1.807, 2.05) is 36.1 Å². The van der Waals surface area contributed by atoms with Gasteiger partial charge >= 0.3 is 0 Å². The first-order chi connectivity index (χ1) is 12.7. The number of amides is 1. The van der Waals surface area contributed by atoms with Gasteiger partial charge in [-0.05, 0) is 31.4 Å². The number of hydrogen-bond donors (Lipinski definition) is 0. The molecule has 0 unspecified atom stereocenters. The summed E-state index contributed by atoms with van der Waals surface area (Å²) < 4.78 is 0. The summed E-state index contributed by atoms with van der Waals surface area (Å²) in [5, 5.41) is 0. The third-order valence-corrected chi connectivity index (χ3v) is 5.89. The highest BCUT2D eigenvalue weighted by atomic mass is 16.2. The van der Waals surface area contributed by atoms with Crippen molar-refractivity contribution in [2.24, 2.45) is 5.92 Å². The van der Waals surface area contributed by atoms with E-state index in [0.717, 1.165) is 67.5 Å². The molecule has 2 heterocycles. The summed E-state index contributed by atoms with van der Waals surface area (Å²) in [4.78, 5) is 26.3. The molecule has 1 aromatic carbocycles. The minimum atomic E-state index is 0.331. The van der Waals surface area contributed by atoms with E-state index in [-0.39, 0.29) is 0 Å². The second kappa shape index (κ2) is 7.60. The van der Waals surface area contributed by atoms with Crippen LogP contribution in [-0.2, 0) is 4.79 Å². The third-order valence-electron chi connectivity index (χ3n) is 5.89. The smallest absolute Gasteiger partial charge is 0.222 e. The molecule has 1 saturated carbocycles. The lowest BCUT2D eigenvalue weighted by Crippen LogP contribution is -2.49. The summed E-state index contributed by atoms with van der Waals surface area (Å²) in [5.74, 6) is 2.08. The number of carbonyl (C=O) groups excluding carboxylic acids is 1. The van der Waals surface area contributed by atoms with Crippen LogP contribution in [0.2, 0.25) is 0 Å². The van der Waals surface area contributed by atoms with Crippen LogP contribution >= 0.6 is 0 Å². The fourth-order valence-corrected chi connectivity index (χ4v) is 4.33. The second-order valence-corrected chi connectivity index (χ2v) is 7.68. The molecule has 0 spiro atoms. The van der Waals surface area contributed by atoms with E-state index >= 15 is 0 Å². The molecule has 4 rings (SSSR count). The number of nitrogens with zero attached hydrogens (tertiary/aromatic N) is 4. The third kappa shape index (κ3) is 3.67. The zero-order chi connectivity index (χ0) is 17.9. The molecule has 2 fully saturated rings. The molecule has 2 aliphatic rings. The highest BCUT2D eigenvalue weighted by Crippen LogP contribution is 2.29. The first-order valence-corrected chi connectivity index (χ1v) is 9.97. The molecular formula is C21H28N4O. The Morgan fingerprint density at radius 1 is 1.04 bits per heavy atom. The Bertz CT molecular complexity index is 777. The van der Waals surface area contributed by atoms with Crippen molar-refractivity contribution in [2.45, 2.75) is 45.4 Å². The first-order valence-electron chi connectivity index (χ1n) is 9.97. The molecule has 0 radical (unpaired) electrons. The van der Waals surface area contributed by atoms with Gasteiger partial charge in [0.1, 0.15) is 0 Å². The number of para-hydroxylation sites is 2. The molecule has 1 saturated heterocycles. The zero-order valence-electron chi connectivity index (χ0n) is 15.7. The Labute approximate surface area is 155 Å². The van der Waals surface area contributed by atoms with Crippen LogP contribution in [0.25, 0.3) is 11.0 Å². The van der Waals surface area contributed by atoms with Gasteiger partial charge in [-0.2, -0.15) is 0 Å². The van der Waals surface area contributed by atoms with E-state index in [1.165, 1.54) is 25.7 Å². The molecule has 2 aromatic rings. The zero-order valence-corrected chi connectivity index (χ0v) is 15.7. The molecule has 0 bridgehead atoms. The molecule has 1 aliphatic heterocycles. The van der Waals surface area contributed by atoms with Crippen molar-refractivity contribution in [1.29, 1.82) is 0 Å². The van der Waals surface area contributed by atoms with Crippen molar-refractivity contribution < 1.29 is 4.79 Å². The van der Waals surface area contributed by atoms with E-state index in [9.17, 15) is 4.79 Å². The van der Waals surface area contributed by atoms with Crippen molar-refractivity contribution in [3.63, 3.8) is 0 Å². The average molecular weight is 352 g/mol. The predicted molar refractivity (Wildman–Crippen MR) is 104 cm³/mol. The summed E-state index contributed by atoms with van der Waals surface area (Å²) in [5.41, 5.74) is 2.84. The number of anilines is 1. The van der Waals surface area contributed by atoms with Crippen molar-refractivity contribution in [2.75, 3.05) is 31.1 Å². The molecule has 5 nitrogen and oxygen atoms in total. The van der Waals surface area contributed by atoms with Crippen LogP contribution in [0.15, 0.2) is 24.3 Å². The summed E-state index contributed by atoms with van der Waals surface area (Å²) in [6, 6.07) is 8.00. The minimum Gasteiger partial charge on any atom is -0.352 e. The summed E-state index contributed by atoms with van der Waals surface area (Å²) in [6.45, 7) is 5.27. The number of aromatic nitrogens is 2. The van der Waals surface area contributed by atoms with Gasteiger partial charge in [0, 0.05) is 32.6 Å². The van der Waals surface area contributed by atoms with Gasteiger partial charge in [0.25, 0.3) is 0 Å². The monoisotopic (exact) mass is 352 g/mol. The standard InChI is InChI=1S/C21H28N4O/c1-16-21(23-19-9-5-4-8-18(19)22-16)25-14-12-24(13-15-25)20(26)11-10-17-6-2-3-7-17/h4-5,8-9,17H,2-3,6-7,10-15H2,1H3. The maximum atomic E-state index is 12.5. The molecule has 26 heavy (non-hydrogen) atoms. The maximum absolute atomic E-state index is 12.5. The largest absolute Gasteiger partial charge is 0.352 e. The van der Waals surface area contributed by atoms with Crippen LogP contribution in [0.1, 0.15) is 44.2 Å². The molecule has 1 aliphatic carbocycles. The van der Waals surface area contributed by atoms with Crippen molar-refractivity contribution in [3.05, 3.63) is 30.0 Å². The first kappa shape index (κ1) is 17.3. The highest BCUT2D eigenvalue weighted by molar-refractivity contribution is 5.77. The normalized spacial score (nSPS) is 18.7. The fourth-order valence-electron chi connectivity index (χ4n) is 4.33. The van der Waals surface area contributed by atoms with Gasteiger partial charge in [-0.15, -0.1) is 0 Å².